The number of ether oxygens (including phenoxy) is 3. The Balaban J connectivity index is 2.80. The molecule has 0 atom stereocenters. The summed E-state index contributed by atoms with van der Waals surface area (Å²) in [5.74, 6) is 0.952. The fraction of sp³-hybridized carbons (Fsp3) is 0.562. The van der Waals surface area contributed by atoms with Crippen LogP contribution < -0.4 is 20.1 Å². The topological polar surface area (TPSA) is 64.1 Å². The van der Waals surface area contributed by atoms with Crippen LogP contribution in [0.4, 0.5) is 8.78 Å². The molecule has 0 spiro atoms. The van der Waals surface area contributed by atoms with Crippen molar-refractivity contribution in [1.29, 1.82) is 0 Å². The highest BCUT2D eigenvalue weighted by Gasteiger charge is 2.11. The van der Waals surface area contributed by atoms with Crippen molar-refractivity contribution in [2.45, 2.75) is 27.0 Å². The molecule has 0 aliphatic carbocycles. The second kappa shape index (κ2) is 11.4. The van der Waals surface area contributed by atoms with Gasteiger partial charge in [0.1, 0.15) is 0 Å². The minimum absolute atomic E-state index is 0.0182. The largest absolute Gasteiger partial charge is 0.490 e. The molecule has 6 nitrogen and oxygen atoms in total. The van der Waals surface area contributed by atoms with Gasteiger partial charge in [0, 0.05) is 20.2 Å². The van der Waals surface area contributed by atoms with E-state index in [4.69, 9.17) is 9.47 Å². The zero-order chi connectivity index (χ0) is 17.8. The molecule has 1 aromatic rings. The van der Waals surface area contributed by atoms with Gasteiger partial charge >= 0.3 is 6.61 Å². The number of benzene rings is 1. The lowest BCUT2D eigenvalue weighted by Gasteiger charge is -2.13. The first-order valence-corrected chi connectivity index (χ1v) is 7.82. The van der Waals surface area contributed by atoms with Gasteiger partial charge in [0.15, 0.2) is 17.5 Å². The van der Waals surface area contributed by atoms with E-state index in [0.717, 1.165) is 12.1 Å². The van der Waals surface area contributed by atoms with Gasteiger partial charge in [-0.05, 0) is 31.5 Å². The van der Waals surface area contributed by atoms with E-state index < -0.39 is 6.61 Å². The van der Waals surface area contributed by atoms with E-state index >= 15 is 0 Å². The third-order valence-electron chi connectivity index (χ3n) is 2.89. The molecule has 8 heteroatoms. The summed E-state index contributed by atoms with van der Waals surface area (Å²) in [7, 11) is 1.63. The van der Waals surface area contributed by atoms with Gasteiger partial charge in [0.05, 0.1) is 19.8 Å². The maximum absolute atomic E-state index is 12.4. The van der Waals surface area contributed by atoms with Crippen LogP contribution in [0.15, 0.2) is 23.2 Å². The number of halogens is 2. The van der Waals surface area contributed by atoms with Crippen LogP contribution in [0.2, 0.25) is 0 Å². The lowest BCUT2D eigenvalue weighted by molar-refractivity contribution is -0.0514. The van der Waals surface area contributed by atoms with Crippen molar-refractivity contribution in [3.05, 3.63) is 23.8 Å². The summed E-state index contributed by atoms with van der Waals surface area (Å²) in [6.45, 7) is 3.51. The van der Waals surface area contributed by atoms with Gasteiger partial charge in [-0.1, -0.05) is 6.07 Å². The predicted octanol–water partition coefficient (Wildman–Crippen LogP) is 2.39. The van der Waals surface area contributed by atoms with Crippen molar-refractivity contribution in [2.75, 3.05) is 33.4 Å². The highest BCUT2D eigenvalue weighted by atomic mass is 19.3. The molecule has 0 aliphatic heterocycles. The van der Waals surface area contributed by atoms with Gasteiger partial charge < -0.3 is 24.8 Å². The number of hydrogen-bond acceptors (Lipinski definition) is 4. The van der Waals surface area contributed by atoms with Gasteiger partial charge in [0.2, 0.25) is 0 Å². The third kappa shape index (κ3) is 7.45. The van der Waals surface area contributed by atoms with E-state index in [1.807, 2.05) is 6.92 Å². The zero-order valence-electron chi connectivity index (χ0n) is 14.3. The average molecular weight is 345 g/mol. The van der Waals surface area contributed by atoms with E-state index in [1.54, 1.807) is 26.2 Å². The Bertz CT molecular complexity index is 513. The molecule has 0 fully saturated rings. The van der Waals surface area contributed by atoms with E-state index in [-0.39, 0.29) is 11.5 Å². The first-order valence-electron chi connectivity index (χ1n) is 7.82. The smallest absolute Gasteiger partial charge is 0.387 e. The Morgan fingerprint density at radius 2 is 2.00 bits per heavy atom. The molecule has 0 heterocycles. The van der Waals surface area contributed by atoms with E-state index in [9.17, 15) is 8.78 Å². The monoisotopic (exact) mass is 345 g/mol. The minimum Gasteiger partial charge on any atom is -0.490 e. The summed E-state index contributed by atoms with van der Waals surface area (Å²) < 4.78 is 39.6. The zero-order valence-corrected chi connectivity index (χ0v) is 14.3. The van der Waals surface area contributed by atoms with Gasteiger partial charge in [-0.2, -0.15) is 8.78 Å². The van der Waals surface area contributed by atoms with Crippen molar-refractivity contribution >= 4 is 5.96 Å². The van der Waals surface area contributed by atoms with E-state index in [0.29, 0.717) is 32.3 Å². The van der Waals surface area contributed by atoms with Crippen molar-refractivity contribution in [1.82, 2.24) is 10.6 Å². The molecule has 136 valence electrons. The Hall–Kier alpha value is -2.09. The molecule has 0 saturated heterocycles. The third-order valence-corrected chi connectivity index (χ3v) is 2.89. The van der Waals surface area contributed by atoms with Gasteiger partial charge in [-0.15, -0.1) is 0 Å². The fourth-order valence-corrected chi connectivity index (χ4v) is 1.90. The molecular formula is C16H25F2N3O3. The SMILES string of the molecule is CCNC(=NCc1ccc(OC(F)F)c(OCC)c1)NCCOC. The van der Waals surface area contributed by atoms with Crippen LogP contribution in [0.1, 0.15) is 19.4 Å². The fourth-order valence-electron chi connectivity index (χ4n) is 1.90. The summed E-state index contributed by atoms with van der Waals surface area (Å²) >= 11 is 0. The molecule has 0 unspecified atom stereocenters. The predicted molar refractivity (Wildman–Crippen MR) is 88.9 cm³/mol. The maximum Gasteiger partial charge on any atom is 0.387 e. The number of methoxy groups -OCH3 is 1. The Labute approximate surface area is 141 Å². The van der Waals surface area contributed by atoms with Crippen LogP contribution >= 0.6 is 0 Å². The molecule has 0 bridgehead atoms. The standard InChI is InChI=1S/C16H25F2N3O3/c1-4-19-16(20-8-9-22-3)21-11-12-6-7-13(24-15(17)18)14(10-12)23-5-2/h6-7,10,15H,4-5,8-9,11H2,1-3H3,(H2,19,20,21). The van der Waals surface area contributed by atoms with Gasteiger partial charge in [0.25, 0.3) is 0 Å². The molecule has 1 aromatic carbocycles. The average Bonchev–Trinajstić information content (AvgIpc) is 2.54. The van der Waals surface area contributed by atoms with Crippen LogP contribution in [0, 0.1) is 0 Å². The van der Waals surface area contributed by atoms with Crippen LogP contribution in [0.25, 0.3) is 0 Å². The van der Waals surface area contributed by atoms with Crippen LogP contribution in [0.5, 0.6) is 11.5 Å². The lowest BCUT2D eigenvalue weighted by atomic mass is 10.2. The number of rotatable bonds is 10. The van der Waals surface area contributed by atoms with Crippen LogP contribution in [-0.2, 0) is 11.3 Å². The summed E-state index contributed by atoms with van der Waals surface area (Å²) in [6.07, 6.45) is 0. The molecule has 2 N–H and O–H groups in total. The van der Waals surface area contributed by atoms with E-state index in [1.165, 1.54) is 6.07 Å². The molecule has 24 heavy (non-hydrogen) atoms. The summed E-state index contributed by atoms with van der Waals surface area (Å²) in [4.78, 5) is 4.44. The van der Waals surface area contributed by atoms with Crippen molar-refractivity contribution in [3.8, 4) is 11.5 Å². The Kier molecular flexibility index (Phi) is 9.52. The molecule has 0 saturated carbocycles. The highest BCUT2D eigenvalue weighted by Crippen LogP contribution is 2.30. The minimum atomic E-state index is -2.89. The summed E-state index contributed by atoms with van der Waals surface area (Å²) in [5.41, 5.74) is 0.823. The quantitative estimate of drug-likeness (QED) is 0.387. The van der Waals surface area contributed by atoms with Gasteiger partial charge in [-0.3, -0.25) is 0 Å². The summed E-state index contributed by atoms with van der Waals surface area (Å²) in [6, 6.07) is 4.80. The Morgan fingerprint density at radius 1 is 1.21 bits per heavy atom. The number of alkyl halides is 2. The Morgan fingerprint density at radius 3 is 2.62 bits per heavy atom. The summed E-state index contributed by atoms with van der Waals surface area (Å²) in [5, 5.41) is 6.25. The number of nitrogens with zero attached hydrogens (tertiary/aromatic N) is 1. The highest BCUT2D eigenvalue weighted by molar-refractivity contribution is 5.79. The lowest BCUT2D eigenvalue weighted by Crippen LogP contribution is -2.38. The molecule has 1 rings (SSSR count). The molecule has 0 radical (unpaired) electrons. The maximum atomic E-state index is 12.4. The van der Waals surface area contributed by atoms with Gasteiger partial charge in [-0.25, -0.2) is 4.99 Å². The molecule has 0 aliphatic rings. The molecule has 0 aromatic heterocycles. The first kappa shape index (κ1) is 20.0. The normalized spacial score (nSPS) is 11.5. The number of hydrogen-bond donors (Lipinski definition) is 2. The number of aliphatic imine (C=N–C) groups is 1. The second-order valence-corrected chi connectivity index (χ2v) is 4.71. The number of guanidine groups is 1. The van der Waals surface area contributed by atoms with Crippen molar-refractivity contribution in [2.24, 2.45) is 4.99 Å². The molecular weight excluding hydrogens is 320 g/mol. The van der Waals surface area contributed by atoms with Crippen molar-refractivity contribution in [3.63, 3.8) is 0 Å². The number of nitrogens with one attached hydrogen (secondary N) is 2. The van der Waals surface area contributed by atoms with Crippen LogP contribution in [0.3, 0.4) is 0 Å². The second-order valence-electron chi connectivity index (χ2n) is 4.71. The molecule has 0 amide bonds. The van der Waals surface area contributed by atoms with Crippen LogP contribution in [-0.4, -0.2) is 46.0 Å². The first-order chi connectivity index (χ1) is 11.6. The van der Waals surface area contributed by atoms with Crippen molar-refractivity contribution < 1.29 is 23.0 Å². The van der Waals surface area contributed by atoms with E-state index in [2.05, 4.69) is 20.4 Å².